The molecule has 0 bridgehead atoms. The average molecular weight is 235 g/mol. The van der Waals surface area contributed by atoms with E-state index in [-0.39, 0.29) is 5.69 Å². The number of benzene rings is 1. The molecule has 0 radical (unpaired) electrons. The monoisotopic (exact) mass is 235 g/mol. The van der Waals surface area contributed by atoms with E-state index in [1.54, 1.807) is 0 Å². The van der Waals surface area contributed by atoms with Crippen LogP contribution in [0.25, 0.3) is 11.3 Å². The number of aromatic nitrogens is 3. The van der Waals surface area contributed by atoms with Gasteiger partial charge in [0.05, 0.1) is 9.47 Å². The molecule has 6 heteroatoms. The number of nitrogens with one attached hydrogen (secondary N) is 1. The van der Waals surface area contributed by atoms with Crippen LogP contribution in [0.1, 0.15) is 16.1 Å². The van der Waals surface area contributed by atoms with Crippen molar-refractivity contribution in [2.75, 3.05) is 0 Å². The summed E-state index contributed by atoms with van der Waals surface area (Å²) in [6.45, 7) is 1.94. The van der Waals surface area contributed by atoms with E-state index < -0.39 is 5.97 Å². The third-order valence-corrected chi connectivity index (χ3v) is 2.46. The van der Waals surface area contributed by atoms with Gasteiger partial charge in [0, 0.05) is 5.56 Å². The van der Waals surface area contributed by atoms with Gasteiger partial charge >= 0.3 is 5.97 Å². The Morgan fingerprint density at radius 3 is 2.81 bits per heavy atom. The van der Waals surface area contributed by atoms with Crippen molar-refractivity contribution in [3.05, 3.63) is 35.5 Å². The lowest BCUT2D eigenvalue weighted by Crippen LogP contribution is -2.01. The Balaban J connectivity index is 2.53. The molecule has 16 heavy (non-hydrogen) atoms. The van der Waals surface area contributed by atoms with Gasteiger partial charge in [0.2, 0.25) is 0 Å². The number of carbonyl (C=O) groups is 1. The molecule has 0 saturated heterocycles. The van der Waals surface area contributed by atoms with Gasteiger partial charge in [-0.15, -0.1) is 5.10 Å². The Morgan fingerprint density at radius 2 is 2.12 bits per heavy atom. The lowest BCUT2D eigenvalue weighted by Gasteiger charge is -2.02. The van der Waals surface area contributed by atoms with E-state index in [1.807, 2.05) is 40.7 Å². The largest absolute Gasteiger partial charge is 0.447 e. The fourth-order valence-corrected chi connectivity index (χ4v) is 1.57. The van der Waals surface area contributed by atoms with Crippen molar-refractivity contribution in [2.24, 2.45) is 0 Å². The zero-order valence-corrected chi connectivity index (χ0v) is 9.75. The lowest BCUT2D eigenvalue weighted by atomic mass is 10.0. The Morgan fingerprint density at radius 1 is 1.38 bits per heavy atom. The minimum atomic E-state index is -0.531. The number of nitrogens with zero attached hydrogens (tertiary/aromatic N) is 2. The molecule has 1 aromatic heterocycles. The number of aromatic amines is 1. The highest BCUT2D eigenvalue weighted by Gasteiger charge is 2.19. The molecule has 0 saturated carbocycles. The first-order valence-corrected chi connectivity index (χ1v) is 5.09. The van der Waals surface area contributed by atoms with Gasteiger partial charge in [-0.2, -0.15) is 10.3 Å². The average Bonchev–Trinajstić information content (AvgIpc) is 2.77. The van der Waals surface area contributed by atoms with Crippen LogP contribution in [0.3, 0.4) is 0 Å². The Kier molecular flexibility index (Phi) is 2.97. The summed E-state index contributed by atoms with van der Waals surface area (Å²) < 4.78 is 4.55. The first-order valence-electron chi connectivity index (χ1n) is 4.62. The molecule has 0 spiro atoms. The molecule has 1 N–H and O–H groups in total. The Bertz CT molecular complexity index is 524. The molecule has 5 nitrogen and oxygen atoms in total. The maximum absolute atomic E-state index is 11.4. The van der Waals surface area contributed by atoms with E-state index in [1.165, 1.54) is 0 Å². The van der Waals surface area contributed by atoms with Crippen LogP contribution in [-0.2, 0) is 4.52 Å². The van der Waals surface area contributed by atoms with Crippen molar-refractivity contribution >= 4 is 15.4 Å². The second-order valence-corrected chi connectivity index (χ2v) is 3.48. The minimum absolute atomic E-state index is 0.185. The first-order chi connectivity index (χ1) is 7.74. The summed E-state index contributed by atoms with van der Waals surface area (Å²) >= 11 is 0. The van der Waals surface area contributed by atoms with Gasteiger partial charge in [0.1, 0.15) is 5.69 Å². The third kappa shape index (κ3) is 1.82. The van der Waals surface area contributed by atoms with Crippen LogP contribution in [0.2, 0.25) is 0 Å². The molecule has 82 valence electrons. The van der Waals surface area contributed by atoms with Gasteiger partial charge in [0.15, 0.2) is 5.69 Å². The Labute approximate surface area is 94.5 Å². The molecule has 1 aromatic carbocycles. The lowest BCUT2D eigenvalue weighted by molar-refractivity contribution is 0.0760. The Hall–Kier alpha value is -1.74. The van der Waals surface area contributed by atoms with Crippen LogP contribution in [-0.4, -0.2) is 21.4 Å². The summed E-state index contributed by atoms with van der Waals surface area (Å²) in [6.07, 6.45) is 0. The molecule has 2 aromatic rings. The SMILES string of the molecule is Cc1ccccc1-c1n[nH]nc1C(=O)OP. The molecule has 0 aliphatic rings. The van der Waals surface area contributed by atoms with Gasteiger partial charge in [0.25, 0.3) is 0 Å². The zero-order chi connectivity index (χ0) is 11.5. The van der Waals surface area contributed by atoms with Gasteiger partial charge in [-0.3, -0.25) is 0 Å². The molecule has 2 rings (SSSR count). The minimum Gasteiger partial charge on any atom is -0.447 e. The van der Waals surface area contributed by atoms with Crippen LogP contribution < -0.4 is 0 Å². The standard InChI is InChI=1S/C10H10N3O2P/c1-6-4-2-3-5-7(6)8-9(10(14)15-16)12-13-11-8/h2-5H,16H2,1H3,(H,11,12,13). The van der Waals surface area contributed by atoms with E-state index in [0.717, 1.165) is 11.1 Å². The highest BCUT2D eigenvalue weighted by atomic mass is 31.0. The molecular weight excluding hydrogens is 225 g/mol. The number of aryl methyl sites for hydroxylation is 1. The second kappa shape index (κ2) is 4.41. The summed E-state index contributed by atoms with van der Waals surface area (Å²) in [5.41, 5.74) is 2.57. The summed E-state index contributed by atoms with van der Waals surface area (Å²) in [7, 11) is 1.90. The van der Waals surface area contributed by atoms with Gasteiger partial charge in [-0.05, 0) is 12.5 Å². The van der Waals surface area contributed by atoms with E-state index >= 15 is 0 Å². The normalized spacial score (nSPS) is 10.1. The topological polar surface area (TPSA) is 67.9 Å². The zero-order valence-electron chi connectivity index (χ0n) is 8.60. The first kappa shape index (κ1) is 10.8. The van der Waals surface area contributed by atoms with Crippen LogP contribution in [0.15, 0.2) is 24.3 Å². The molecule has 0 amide bonds. The number of hydrogen-bond donors (Lipinski definition) is 1. The van der Waals surface area contributed by atoms with E-state index in [9.17, 15) is 4.79 Å². The van der Waals surface area contributed by atoms with Crippen molar-refractivity contribution in [1.29, 1.82) is 0 Å². The number of H-pyrrole nitrogens is 1. The highest BCUT2D eigenvalue weighted by Crippen LogP contribution is 2.23. The number of carbonyl (C=O) groups excluding carboxylic acids is 1. The van der Waals surface area contributed by atoms with E-state index in [4.69, 9.17) is 0 Å². The van der Waals surface area contributed by atoms with Gasteiger partial charge in [-0.1, -0.05) is 24.3 Å². The molecule has 0 aliphatic carbocycles. The predicted molar refractivity (Wildman–Crippen MR) is 61.7 cm³/mol. The molecular formula is C10H10N3O2P. The van der Waals surface area contributed by atoms with E-state index in [2.05, 4.69) is 19.9 Å². The smallest absolute Gasteiger partial charge is 0.363 e. The number of rotatable bonds is 2. The summed E-state index contributed by atoms with van der Waals surface area (Å²) in [6, 6.07) is 7.63. The molecule has 0 fully saturated rings. The summed E-state index contributed by atoms with van der Waals surface area (Å²) in [5, 5.41) is 10.2. The third-order valence-electron chi connectivity index (χ3n) is 2.25. The van der Waals surface area contributed by atoms with Crippen molar-refractivity contribution in [2.45, 2.75) is 6.92 Å². The molecule has 1 atom stereocenters. The van der Waals surface area contributed by atoms with Crippen LogP contribution in [0.5, 0.6) is 0 Å². The van der Waals surface area contributed by atoms with Gasteiger partial charge in [-0.25, -0.2) is 4.79 Å². The number of hydrogen-bond acceptors (Lipinski definition) is 4. The maximum atomic E-state index is 11.4. The summed E-state index contributed by atoms with van der Waals surface area (Å²) in [5.74, 6) is -0.531. The molecule has 1 unspecified atom stereocenters. The van der Waals surface area contributed by atoms with Gasteiger partial charge < -0.3 is 4.52 Å². The summed E-state index contributed by atoms with van der Waals surface area (Å²) in [4.78, 5) is 11.4. The fraction of sp³-hybridized carbons (Fsp3) is 0.100. The van der Waals surface area contributed by atoms with Crippen molar-refractivity contribution in [3.63, 3.8) is 0 Å². The second-order valence-electron chi connectivity index (χ2n) is 3.24. The maximum Gasteiger partial charge on any atom is 0.363 e. The fourth-order valence-electron chi connectivity index (χ4n) is 1.46. The van der Waals surface area contributed by atoms with Crippen molar-refractivity contribution in [3.8, 4) is 11.3 Å². The van der Waals surface area contributed by atoms with Crippen LogP contribution >= 0.6 is 9.47 Å². The van der Waals surface area contributed by atoms with Crippen molar-refractivity contribution in [1.82, 2.24) is 15.4 Å². The van der Waals surface area contributed by atoms with Crippen LogP contribution in [0, 0.1) is 6.92 Å². The van der Waals surface area contributed by atoms with Crippen LogP contribution in [0.4, 0.5) is 0 Å². The van der Waals surface area contributed by atoms with Crippen molar-refractivity contribution < 1.29 is 9.32 Å². The molecule has 1 heterocycles. The molecule has 0 aliphatic heterocycles. The quantitative estimate of drug-likeness (QED) is 0.805. The predicted octanol–water partition coefficient (Wildman–Crippen LogP) is 1.73. The van der Waals surface area contributed by atoms with E-state index in [0.29, 0.717) is 5.69 Å². The highest BCUT2D eigenvalue weighted by molar-refractivity contribution is 7.10.